The number of rotatable bonds is 14. The Kier molecular flexibility index (Phi) is 17.1. The van der Waals surface area contributed by atoms with E-state index in [9.17, 15) is 28.0 Å². The van der Waals surface area contributed by atoms with Crippen LogP contribution in [0.15, 0.2) is 28.7 Å². The first-order valence-corrected chi connectivity index (χ1v) is 23.1. The van der Waals surface area contributed by atoms with Crippen LogP contribution in [-0.4, -0.2) is 134 Å². The van der Waals surface area contributed by atoms with Crippen LogP contribution in [0.4, 0.5) is 24.1 Å². The lowest BCUT2D eigenvalue weighted by atomic mass is 10.1. The van der Waals surface area contributed by atoms with Crippen LogP contribution in [0.5, 0.6) is 11.5 Å². The largest absolute Gasteiger partial charge is 0.503 e. The fourth-order valence-corrected chi connectivity index (χ4v) is 7.90. The smallest absolute Gasteiger partial charge is 0.410 e. The summed E-state index contributed by atoms with van der Waals surface area (Å²) in [5.74, 6) is -0.567. The summed E-state index contributed by atoms with van der Waals surface area (Å²) in [5, 5.41) is 0. The molecule has 0 spiro atoms. The Hall–Kier alpha value is -4.73. The fourth-order valence-electron chi connectivity index (χ4n) is 7.31. The predicted molar refractivity (Wildman–Crippen MR) is 241 cm³/mol. The number of ether oxygens (including phenoxy) is 6. The van der Waals surface area contributed by atoms with E-state index in [4.69, 9.17) is 35.0 Å². The molecule has 0 aromatic heterocycles. The first-order valence-electron chi connectivity index (χ1n) is 22.3. The van der Waals surface area contributed by atoms with Gasteiger partial charge in [-0.15, -0.1) is 0 Å². The van der Waals surface area contributed by atoms with Crippen molar-refractivity contribution in [2.75, 3.05) is 78.8 Å². The van der Waals surface area contributed by atoms with Gasteiger partial charge in [-0.25, -0.2) is 23.2 Å². The van der Waals surface area contributed by atoms with Crippen LogP contribution in [0.3, 0.4) is 0 Å². The van der Waals surface area contributed by atoms with E-state index in [2.05, 4.69) is 30.6 Å². The van der Waals surface area contributed by atoms with Gasteiger partial charge in [-0.1, -0.05) is 0 Å². The highest BCUT2D eigenvalue weighted by Crippen LogP contribution is 2.49. The molecular weight excluding hydrogens is 912 g/mol. The van der Waals surface area contributed by atoms with Crippen LogP contribution >= 0.6 is 15.9 Å². The van der Waals surface area contributed by atoms with Gasteiger partial charge in [-0.2, -0.15) is 0 Å². The van der Waals surface area contributed by atoms with Gasteiger partial charge in [0.2, 0.25) is 5.69 Å². The van der Waals surface area contributed by atoms with Gasteiger partial charge < -0.3 is 38.2 Å². The monoisotopic (exact) mass is 975 g/mol. The lowest BCUT2D eigenvalue weighted by Crippen LogP contribution is -2.49. The van der Waals surface area contributed by atoms with E-state index < -0.39 is 27.8 Å². The Morgan fingerprint density at radius 3 is 1.40 bits per heavy atom. The van der Waals surface area contributed by atoms with E-state index in [1.807, 2.05) is 41.5 Å². The third-order valence-corrected chi connectivity index (χ3v) is 11.9. The van der Waals surface area contributed by atoms with Gasteiger partial charge in [0.15, 0.2) is 0 Å². The lowest BCUT2D eigenvalue weighted by molar-refractivity contribution is -0.151. The third-order valence-electron chi connectivity index (χ3n) is 11.3. The second-order valence-electron chi connectivity index (χ2n) is 19.0. The minimum Gasteiger partial charge on any atom is -0.503 e. The Morgan fingerprint density at radius 2 is 1.03 bits per heavy atom. The van der Waals surface area contributed by atoms with Crippen LogP contribution in [0.2, 0.25) is 0 Å². The van der Waals surface area contributed by atoms with Crippen LogP contribution < -0.4 is 9.47 Å². The number of halogens is 3. The minimum absolute atomic E-state index is 0.0806. The van der Waals surface area contributed by atoms with E-state index in [-0.39, 0.29) is 48.8 Å². The van der Waals surface area contributed by atoms with Crippen molar-refractivity contribution in [3.05, 3.63) is 62.9 Å². The normalized spacial score (nSPS) is 18.0. The van der Waals surface area contributed by atoms with Gasteiger partial charge in [0.05, 0.1) is 24.3 Å². The molecule has 2 amide bonds. The number of hydrogen-bond acceptors (Lipinski definition) is 12. The highest BCUT2D eigenvalue weighted by Gasteiger charge is 2.53. The number of carbonyl (C=O) groups excluding carboxylic acids is 4. The molecule has 18 heteroatoms. The maximum absolute atomic E-state index is 14.2. The molecule has 4 aliphatic rings. The molecule has 65 heavy (non-hydrogen) atoms. The molecule has 4 fully saturated rings. The van der Waals surface area contributed by atoms with Gasteiger partial charge in [-0.05, 0) is 121 Å². The van der Waals surface area contributed by atoms with Gasteiger partial charge in [-0.3, -0.25) is 19.4 Å². The zero-order valence-corrected chi connectivity index (χ0v) is 40.6. The lowest BCUT2D eigenvalue weighted by Gasteiger charge is -2.35. The summed E-state index contributed by atoms with van der Waals surface area (Å²) >= 11 is 3.41. The quantitative estimate of drug-likeness (QED) is 0.102. The fraction of sp³-hybridized carbons (Fsp3) is 0.638. The second-order valence-corrected chi connectivity index (χ2v) is 19.8. The molecule has 358 valence electrons. The summed E-state index contributed by atoms with van der Waals surface area (Å²) in [4.78, 5) is 60.1. The highest BCUT2D eigenvalue weighted by molar-refractivity contribution is 9.10. The van der Waals surface area contributed by atoms with Crippen molar-refractivity contribution >= 4 is 45.7 Å². The molecule has 0 bridgehead atoms. The van der Waals surface area contributed by atoms with Crippen LogP contribution in [0.1, 0.15) is 92.2 Å². The van der Waals surface area contributed by atoms with Crippen molar-refractivity contribution in [1.29, 1.82) is 0 Å². The average molecular weight is 977 g/mol. The first kappa shape index (κ1) is 51.3. The SMILES string of the molecule is CCOC(=O)C1(COc2c(Br)cc(F)cc2CN2CCN(C(=O)OC(C)(C)C)CC2)CC1.[C-]#[N+]c1cc(F)cc(CN2CCN(C(=O)OC(C)(C)C)CC2)c1OCC1(C(=O)OCC)CC1. The van der Waals surface area contributed by atoms with Gasteiger partial charge in [0, 0.05) is 76.6 Å². The summed E-state index contributed by atoms with van der Waals surface area (Å²) < 4.78 is 62.1. The summed E-state index contributed by atoms with van der Waals surface area (Å²) in [6, 6.07) is 5.35. The summed E-state index contributed by atoms with van der Waals surface area (Å²) in [7, 11) is 0. The summed E-state index contributed by atoms with van der Waals surface area (Å²) in [5.41, 5.74) is -1.04. The number of piperazine rings is 2. The Balaban J connectivity index is 0.000000244. The predicted octanol–water partition coefficient (Wildman–Crippen LogP) is 8.51. The molecular formula is C47H64BrF2N5O10. The zero-order chi connectivity index (χ0) is 47.7. The molecule has 2 aromatic carbocycles. The van der Waals surface area contributed by atoms with Gasteiger partial charge >= 0.3 is 24.1 Å². The highest BCUT2D eigenvalue weighted by atomic mass is 79.9. The first-order chi connectivity index (χ1) is 30.6. The molecule has 2 heterocycles. The van der Waals surface area contributed by atoms with Crippen molar-refractivity contribution in [3.63, 3.8) is 0 Å². The molecule has 2 aromatic rings. The van der Waals surface area contributed by atoms with Crippen LogP contribution in [-0.2, 0) is 41.6 Å². The topological polar surface area (TPSA) is 141 Å². The Morgan fingerprint density at radius 1 is 0.646 bits per heavy atom. The van der Waals surface area contributed by atoms with Crippen molar-refractivity contribution in [2.24, 2.45) is 10.8 Å². The number of benzene rings is 2. The van der Waals surface area contributed by atoms with Crippen molar-refractivity contribution in [2.45, 2.75) is 105 Å². The Bertz CT molecular complexity index is 2060. The zero-order valence-electron chi connectivity index (χ0n) is 39.0. The van der Waals surface area contributed by atoms with E-state index in [1.54, 1.807) is 23.6 Å². The third kappa shape index (κ3) is 14.6. The Labute approximate surface area is 389 Å². The second kappa shape index (κ2) is 21.7. The van der Waals surface area contributed by atoms with Crippen molar-refractivity contribution in [1.82, 2.24) is 19.6 Å². The molecule has 15 nitrogen and oxygen atoms in total. The maximum Gasteiger partial charge on any atom is 0.410 e. The molecule has 2 aliphatic carbocycles. The maximum atomic E-state index is 14.2. The molecule has 0 unspecified atom stereocenters. The molecule has 2 aliphatic heterocycles. The number of hydrogen-bond donors (Lipinski definition) is 0. The van der Waals surface area contributed by atoms with Crippen molar-refractivity contribution in [3.8, 4) is 11.5 Å². The molecule has 0 N–H and O–H groups in total. The standard InChI is InChI=1S/C24H32FN3O5.C23H32BrFN2O5/c1-6-31-21(29)24(7-8-24)16-32-20-17(13-18(25)14-19(20)26-5)15-27-9-11-28(12-10-27)22(30)33-23(2,3)4;1-5-30-20(28)23(6-7-23)15-31-19-16(12-17(25)13-18(19)24)14-26-8-10-27(11-9-26)21(29)32-22(2,3)4/h13-14H,6-12,15-16H2,1-4H3;12-13H,5-11,14-15H2,1-4H3. The van der Waals surface area contributed by atoms with Gasteiger partial charge in [0.25, 0.3) is 0 Å². The van der Waals surface area contributed by atoms with Crippen molar-refractivity contribution < 1.29 is 56.4 Å². The van der Waals surface area contributed by atoms with Crippen LogP contribution in [0, 0.1) is 29.0 Å². The minimum atomic E-state index is -0.681. The molecule has 6 rings (SSSR count). The molecule has 0 atom stereocenters. The van der Waals surface area contributed by atoms with Gasteiger partial charge in [0.1, 0.15) is 58.4 Å². The number of nitrogens with zero attached hydrogens (tertiary/aromatic N) is 5. The number of amides is 2. The summed E-state index contributed by atoms with van der Waals surface area (Å²) in [6.45, 7) is 28.3. The van der Waals surface area contributed by atoms with E-state index >= 15 is 0 Å². The molecule has 2 saturated carbocycles. The number of carbonyl (C=O) groups is 4. The molecule has 0 radical (unpaired) electrons. The molecule has 2 saturated heterocycles. The van der Waals surface area contributed by atoms with E-state index in [0.29, 0.717) is 119 Å². The van der Waals surface area contributed by atoms with Crippen LogP contribution in [0.25, 0.3) is 4.85 Å². The van der Waals surface area contributed by atoms with E-state index in [1.165, 1.54) is 18.2 Å². The summed E-state index contributed by atoms with van der Waals surface area (Å²) in [6.07, 6.45) is 2.13. The average Bonchev–Trinajstić information content (AvgIpc) is 4.17. The number of esters is 2. The van der Waals surface area contributed by atoms with E-state index in [0.717, 1.165) is 18.9 Å².